The van der Waals surface area contributed by atoms with Gasteiger partial charge in [0.2, 0.25) is 0 Å². The van der Waals surface area contributed by atoms with Crippen molar-refractivity contribution in [2.45, 2.75) is 0 Å². The number of rotatable bonds is 0. The van der Waals surface area contributed by atoms with E-state index in [9.17, 15) is 0 Å². The molecule has 0 aromatic carbocycles. The Kier molecular flexibility index (Phi) is 6.33. The van der Waals surface area contributed by atoms with Crippen LogP contribution in [-0.2, 0) is 0 Å². The maximum absolute atomic E-state index is 8.60. The van der Waals surface area contributed by atoms with E-state index in [1.807, 2.05) is 0 Å². The molecule has 0 heterocycles. The summed E-state index contributed by atoms with van der Waals surface area (Å²) in [6.07, 6.45) is 0. The molecule has 0 amide bonds. The zero-order chi connectivity index (χ0) is 4.50. The summed E-state index contributed by atoms with van der Waals surface area (Å²) >= 11 is 0. The molecule has 0 saturated carbocycles. The van der Waals surface area contributed by atoms with Crippen molar-refractivity contribution in [1.82, 2.24) is 0 Å². The molecule has 0 saturated heterocycles. The summed E-state index contributed by atoms with van der Waals surface area (Å²) in [4.78, 5) is 0. The van der Waals surface area contributed by atoms with Crippen LogP contribution in [0.3, 0.4) is 0 Å². The van der Waals surface area contributed by atoms with Crippen LogP contribution in [0.1, 0.15) is 0 Å². The monoisotopic (exact) mass is 190 g/mol. The molecule has 0 aromatic rings. The fourth-order valence-corrected chi connectivity index (χ4v) is 0. The van der Waals surface area contributed by atoms with E-state index in [2.05, 4.69) is 0 Å². The number of hydrogen-bond donors (Lipinski definition) is 1. The first kappa shape index (κ1) is 10.6. The van der Waals surface area contributed by atoms with E-state index in [0.717, 1.165) is 0 Å². The molecule has 36 valence electrons. The van der Waals surface area contributed by atoms with Gasteiger partial charge in [0, 0.05) is 0 Å². The third kappa shape index (κ3) is 46.0. The molecule has 4 nitrogen and oxygen atoms in total. The molecule has 0 aromatic heterocycles. The first-order chi connectivity index (χ1) is 2.00. The Balaban J connectivity index is 0. The summed E-state index contributed by atoms with van der Waals surface area (Å²) in [5.41, 5.74) is 0. The van der Waals surface area contributed by atoms with Gasteiger partial charge in [0.25, 0.3) is 0 Å². The van der Waals surface area contributed by atoms with E-state index >= 15 is 0 Å². The second-order valence-corrected chi connectivity index (χ2v) is 1.19. The van der Waals surface area contributed by atoms with Gasteiger partial charge in [-0.2, -0.15) is 14.0 Å². The van der Waals surface area contributed by atoms with E-state index in [1.165, 1.54) is 0 Å². The second-order valence-electron chi connectivity index (χ2n) is 0.396. The Hall–Kier alpha value is 1.61. The zero-order valence-corrected chi connectivity index (χ0v) is 2.81. The van der Waals surface area contributed by atoms with Crippen LogP contribution in [0.15, 0.2) is 0 Å². The average molecular weight is 190 g/mol. The molecule has 0 aliphatic heterocycles. The van der Waals surface area contributed by atoms with Crippen molar-refractivity contribution in [3.8, 4) is 0 Å². The molecule has 0 aliphatic carbocycles. The van der Waals surface area contributed by atoms with Crippen LogP contribution in [0.2, 0.25) is 0 Å². The molecule has 0 bridgehead atoms. The van der Waals surface area contributed by atoms with Gasteiger partial charge in [-0.25, -0.2) is 0 Å². The number of hydrogen-bond acceptors (Lipinski definition) is 4. The van der Waals surface area contributed by atoms with Crippen molar-refractivity contribution in [2.75, 3.05) is 0 Å². The summed E-state index contributed by atoms with van der Waals surface area (Å²) in [5, 5.41) is 0. The minimum atomic E-state index is -4.69. The van der Waals surface area contributed by atoms with Crippen LogP contribution < -0.4 is 14.0 Å². The van der Waals surface area contributed by atoms with E-state index in [1.54, 1.807) is 0 Å². The predicted molar refractivity (Wildman–Crippen MR) is 10.8 cm³/mol. The first-order valence-electron chi connectivity index (χ1n) is 0.632. The van der Waals surface area contributed by atoms with Crippen molar-refractivity contribution < 1.29 is 28.9 Å². The van der Waals surface area contributed by atoms with Crippen LogP contribution in [0.5, 0.6) is 0 Å². The molecule has 0 spiro atoms. The molecule has 0 radical (unpaired) electrons. The molecular formula is H3ClO4Sr. The summed E-state index contributed by atoms with van der Waals surface area (Å²) in [5.74, 6) is 0. The molecular weight excluding hydrogens is 187 g/mol. The molecule has 0 rings (SSSR count). The van der Waals surface area contributed by atoms with Crippen molar-refractivity contribution in [3.63, 3.8) is 0 Å². The van der Waals surface area contributed by atoms with Crippen molar-refractivity contribution >= 4 is 45.5 Å². The Morgan fingerprint density at radius 1 is 1.17 bits per heavy atom. The molecule has 0 atom stereocenters. The van der Waals surface area contributed by atoms with Crippen LogP contribution >= 0.6 is 0 Å². The van der Waals surface area contributed by atoms with Gasteiger partial charge < -0.3 is 0 Å². The molecule has 1 N–H and O–H groups in total. The van der Waals surface area contributed by atoms with Gasteiger partial charge in [-0.05, 0) is 0 Å². The standard InChI is InChI=1S/ClHO4.Sr.2H/c2-1(3,4)5;;;/h(H,2,3,4,5);;;. The minimum absolute atomic E-state index is 0. The fraction of sp³-hybridized carbons (Fsp3) is 0. The van der Waals surface area contributed by atoms with Gasteiger partial charge in [0.15, 0.2) is 0 Å². The zero-order valence-electron chi connectivity index (χ0n) is 2.05. The Labute approximate surface area is 73.4 Å². The Morgan fingerprint density at radius 2 is 1.17 bits per heavy atom. The van der Waals surface area contributed by atoms with Gasteiger partial charge >= 0.3 is 45.5 Å². The summed E-state index contributed by atoms with van der Waals surface area (Å²) in [6, 6.07) is 0. The van der Waals surface area contributed by atoms with Gasteiger partial charge in [-0.15, -0.1) is 0 Å². The van der Waals surface area contributed by atoms with Crippen molar-refractivity contribution in [1.29, 1.82) is 0 Å². The fourth-order valence-electron chi connectivity index (χ4n) is 0. The van der Waals surface area contributed by atoms with E-state index in [4.69, 9.17) is 18.6 Å². The average Bonchev–Trinajstić information content (AvgIpc) is 0.722. The van der Waals surface area contributed by atoms with Gasteiger partial charge in [0.05, 0.1) is 14.9 Å². The van der Waals surface area contributed by atoms with Gasteiger partial charge in [0.1, 0.15) is 0 Å². The third-order valence-electron chi connectivity index (χ3n) is 0. The van der Waals surface area contributed by atoms with E-state index < -0.39 is 10.2 Å². The number of halogens is 1. The van der Waals surface area contributed by atoms with Crippen LogP contribution in [0.25, 0.3) is 0 Å². The molecule has 0 unspecified atom stereocenters. The molecule has 0 fully saturated rings. The predicted octanol–water partition coefficient (Wildman–Crippen LogP) is -5.04. The van der Waals surface area contributed by atoms with Crippen molar-refractivity contribution in [3.05, 3.63) is 0 Å². The van der Waals surface area contributed by atoms with Gasteiger partial charge in [-0.3, -0.25) is 0 Å². The molecule has 6 heteroatoms. The first-order valence-corrected chi connectivity index (χ1v) is 1.90. The van der Waals surface area contributed by atoms with E-state index in [-0.39, 0.29) is 45.5 Å². The molecule has 6 heavy (non-hydrogen) atoms. The normalized spacial score (nSPS) is 10.0. The topological polar surface area (TPSA) is 89.4 Å². The molecule has 0 aliphatic rings. The SMILES string of the molecule is [O-][Cl+3]([O-])([O-])O.[SrH2]. The van der Waals surface area contributed by atoms with Crippen LogP contribution in [0, 0.1) is 10.2 Å². The summed E-state index contributed by atoms with van der Waals surface area (Å²) in [7, 11) is -4.69. The van der Waals surface area contributed by atoms with Gasteiger partial charge in [-0.1, -0.05) is 0 Å². The third-order valence-corrected chi connectivity index (χ3v) is 0. The maximum atomic E-state index is 8.60. The second kappa shape index (κ2) is 3.59. The quantitative estimate of drug-likeness (QED) is 0.387. The van der Waals surface area contributed by atoms with Crippen LogP contribution in [-0.4, -0.2) is 50.1 Å². The van der Waals surface area contributed by atoms with Crippen LogP contribution in [0.4, 0.5) is 0 Å². The Bertz CT molecular complexity index is 23.0. The Morgan fingerprint density at radius 3 is 1.17 bits per heavy atom. The van der Waals surface area contributed by atoms with Crippen molar-refractivity contribution in [2.24, 2.45) is 0 Å². The summed E-state index contributed by atoms with van der Waals surface area (Å²) < 4.78 is 32.7. The van der Waals surface area contributed by atoms with E-state index in [0.29, 0.717) is 0 Å². The summed E-state index contributed by atoms with van der Waals surface area (Å²) in [6.45, 7) is 0.